The van der Waals surface area contributed by atoms with Crippen molar-refractivity contribution < 1.29 is 23.9 Å². The normalized spacial score (nSPS) is 14.2. The van der Waals surface area contributed by atoms with E-state index in [0.29, 0.717) is 24.2 Å². The number of fused-ring (bicyclic) bond motifs is 1. The summed E-state index contributed by atoms with van der Waals surface area (Å²) in [6, 6.07) is 0. The van der Waals surface area contributed by atoms with E-state index in [2.05, 4.69) is 20.5 Å². The van der Waals surface area contributed by atoms with Gasteiger partial charge in [-0.25, -0.2) is 4.79 Å². The summed E-state index contributed by atoms with van der Waals surface area (Å²) < 4.78 is 10.2. The lowest BCUT2D eigenvalue weighted by atomic mass is 10.1. The first-order valence-corrected chi connectivity index (χ1v) is 9.68. The van der Waals surface area contributed by atoms with Gasteiger partial charge in [0.2, 0.25) is 0 Å². The molecule has 10 nitrogen and oxygen atoms in total. The molecular formula is C18H26ClN5O5. The van der Waals surface area contributed by atoms with Crippen LogP contribution >= 0.6 is 11.6 Å². The van der Waals surface area contributed by atoms with Crippen LogP contribution in [0.15, 0.2) is 4.99 Å². The van der Waals surface area contributed by atoms with E-state index in [1.54, 1.807) is 25.7 Å². The molecule has 2 rings (SSSR count). The van der Waals surface area contributed by atoms with Crippen LogP contribution in [0.25, 0.3) is 0 Å². The summed E-state index contributed by atoms with van der Waals surface area (Å²) in [5.41, 5.74) is 1.51. The molecule has 2 amide bonds. The third-order valence-electron chi connectivity index (χ3n) is 3.94. The highest BCUT2D eigenvalue weighted by molar-refractivity contribution is 6.28. The number of rotatable bonds is 6. The lowest BCUT2D eigenvalue weighted by Crippen LogP contribution is -2.40. The molecule has 1 aliphatic rings. The molecule has 0 aliphatic carbocycles. The third kappa shape index (κ3) is 6.74. The molecule has 0 fully saturated rings. The number of nitrogens with one attached hydrogen (secondary N) is 2. The minimum Gasteiger partial charge on any atom is -0.460 e. The van der Waals surface area contributed by atoms with Gasteiger partial charge in [0.1, 0.15) is 24.6 Å². The zero-order valence-corrected chi connectivity index (χ0v) is 17.8. The molecule has 0 atom stereocenters. The molecule has 0 spiro atoms. The predicted octanol–water partition coefficient (Wildman–Crippen LogP) is 1.63. The quantitative estimate of drug-likeness (QED) is 0.403. The van der Waals surface area contributed by atoms with Gasteiger partial charge in [-0.15, -0.1) is 11.6 Å². The fourth-order valence-electron chi connectivity index (χ4n) is 2.58. The van der Waals surface area contributed by atoms with Crippen LogP contribution in [0.5, 0.6) is 0 Å². The van der Waals surface area contributed by atoms with Crippen LogP contribution in [0.3, 0.4) is 0 Å². The van der Waals surface area contributed by atoms with Gasteiger partial charge < -0.3 is 19.7 Å². The van der Waals surface area contributed by atoms with Crippen LogP contribution in [0.4, 0.5) is 4.79 Å². The maximum Gasteiger partial charge on any atom is 0.410 e. The van der Waals surface area contributed by atoms with Gasteiger partial charge in [-0.1, -0.05) is 0 Å². The molecular weight excluding hydrogens is 402 g/mol. The third-order valence-corrected chi connectivity index (χ3v) is 4.25. The number of hydrogen-bond donors (Lipinski definition) is 2. The second kappa shape index (κ2) is 9.73. The molecule has 0 bridgehead atoms. The van der Waals surface area contributed by atoms with Crippen molar-refractivity contribution in [3.63, 3.8) is 0 Å². The largest absolute Gasteiger partial charge is 0.460 e. The molecule has 2 heterocycles. The van der Waals surface area contributed by atoms with Crippen LogP contribution < -0.4 is 5.32 Å². The van der Waals surface area contributed by atoms with Crippen LogP contribution in [-0.4, -0.2) is 70.1 Å². The summed E-state index contributed by atoms with van der Waals surface area (Å²) in [6.45, 7) is 7.32. The number of carbonyl (C=O) groups is 3. The Kier molecular flexibility index (Phi) is 7.60. The number of ether oxygens (including phenoxy) is 2. The summed E-state index contributed by atoms with van der Waals surface area (Å²) in [6.07, 6.45) is 0.0903. The average Bonchev–Trinajstić information content (AvgIpc) is 3.06. The van der Waals surface area contributed by atoms with Crippen molar-refractivity contribution in [1.29, 1.82) is 0 Å². The van der Waals surface area contributed by atoms with Crippen molar-refractivity contribution in [3.05, 3.63) is 17.0 Å². The molecule has 0 saturated heterocycles. The smallest absolute Gasteiger partial charge is 0.410 e. The van der Waals surface area contributed by atoms with Gasteiger partial charge in [0, 0.05) is 25.5 Å². The predicted molar refractivity (Wildman–Crippen MR) is 106 cm³/mol. The van der Waals surface area contributed by atoms with E-state index in [1.807, 2.05) is 0 Å². The Morgan fingerprint density at radius 3 is 2.69 bits per heavy atom. The Labute approximate surface area is 174 Å². The first-order valence-electron chi connectivity index (χ1n) is 9.14. The number of halogens is 1. The van der Waals surface area contributed by atoms with Gasteiger partial charge in [0.15, 0.2) is 0 Å². The second-order valence-corrected chi connectivity index (χ2v) is 7.75. The molecule has 0 aromatic carbocycles. The Balaban J connectivity index is 1.99. The van der Waals surface area contributed by atoms with Crippen LogP contribution in [-0.2, 0) is 27.2 Å². The average molecular weight is 428 g/mol. The summed E-state index contributed by atoms with van der Waals surface area (Å²) in [5.74, 6) is -0.770. The number of nitrogens with zero attached hydrogens (tertiary/aromatic N) is 3. The highest BCUT2D eigenvalue weighted by Crippen LogP contribution is 2.22. The number of H-pyrrole nitrogens is 1. The topological polar surface area (TPSA) is 126 Å². The maximum absolute atomic E-state index is 12.5. The van der Waals surface area contributed by atoms with Crippen molar-refractivity contribution >= 4 is 35.3 Å². The van der Waals surface area contributed by atoms with Crippen LogP contribution in [0.2, 0.25) is 0 Å². The molecule has 0 saturated carbocycles. The number of aromatic amines is 1. The Morgan fingerprint density at radius 1 is 1.34 bits per heavy atom. The lowest BCUT2D eigenvalue weighted by Gasteiger charge is -2.29. The first kappa shape index (κ1) is 22.7. The molecule has 160 valence electrons. The number of alkyl halides is 1. The number of aromatic nitrogens is 2. The zero-order chi connectivity index (χ0) is 21.6. The lowest BCUT2D eigenvalue weighted by molar-refractivity contribution is -0.139. The van der Waals surface area contributed by atoms with E-state index >= 15 is 0 Å². The van der Waals surface area contributed by atoms with Gasteiger partial charge in [0.05, 0.1) is 23.8 Å². The summed E-state index contributed by atoms with van der Waals surface area (Å²) in [5, 5.41) is 9.54. The van der Waals surface area contributed by atoms with Crippen molar-refractivity contribution in [3.8, 4) is 0 Å². The Bertz CT molecular complexity index is 799. The number of aliphatic imine (C=N–C) groups is 1. The molecule has 2 N–H and O–H groups in total. The molecule has 29 heavy (non-hydrogen) atoms. The first-order chi connectivity index (χ1) is 13.6. The van der Waals surface area contributed by atoms with Crippen molar-refractivity contribution in [1.82, 2.24) is 20.4 Å². The molecule has 0 radical (unpaired) electrons. The summed E-state index contributed by atoms with van der Waals surface area (Å²) in [7, 11) is 0. The van der Waals surface area contributed by atoms with Gasteiger partial charge in [-0.05, 0) is 20.8 Å². The number of hydrogen-bond acceptors (Lipinski definition) is 7. The Hall–Kier alpha value is -2.62. The Morgan fingerprint density at radius 2 is 2.07 bits per heavy atom. The van der Waals surface area contributed by atoms with E-state index in [-0.39, 0.29) is 31.4 Å². The number of esters is 1. The minimum atomic E-state index is -0.599. The van der Waals surface area contributed by atoms with Gasteiger partial charge in [0.25, 0.3) is 5.91 Å². The van der Waals surface area contributed by atoms with Crippen LogP contribution in [0, 0.1) is 0 Å². The monoisotopic (exact) mass is 427 g/mol. The van der Waals surface area contributed by atoms with E-state index in [4.69, 9.17) is 21.1 Å². The van der Waals surface area contributed by atoms with E-state index in [9.17, 15) is 14.4 Å². The van der Waals surface area contributed by atoms with Crippen molar-refractivity contribution in [2.45, 2.75) is 46.3 Å². The molecule has 11 heteroatoms. The maximum atomic E-state index is 12.5. The summed E-state index contributed by atoms with van der Waals surface area (Å²) in [4.78, 5) is 41.3. The highest BCUT2D eigenvalue weighted by Gasteiger charge is 2.30. The molecule has 1 aromatic heterocycles. The van der Waals surface area contributed by atoms with Crippen molar-refractivity contribution in [2.24, 2.45) is 4.99 Å². The van der Waals surface area contributed by atoms with E-state index in [1.165, 1.54) is 6.92 Å². The fraction of sp³-hybridized carbons (Fsp3) is 0.611. The SMILES string of the molecule is CC(=O)OC/C(CCl)=N/CNC(=O)c1[nH]nc2c1CN(C(=O)OC(C)(C)C)CC2. The van der Waals surface area contributed by atoms with Gasteiger partial charge in [-0.2, -0.15) is 5.10 Å². The highest BCUT2D eigenvalue weighted by atomic mass is 35.5. The number of amides is 2. The van der Waals surface area contributed by atoms with Crippen molar-refractivity contribution in [2.75, 3.05) is 25.7 Å². The minimum absolute atomic E-state index is 0.0288. The van der Waals surface area contributed by atoms with E-state index in [0.717, 1.165) is 5.69 Å². The van der Waals surface area contributed by atoms with Gasteiger partial charge >= 0.3 is 12.1 Å². The molecule has 0 unspecified atom stereocenters. The summed E-state index contributed by atoms with van der Waals surface area (Å²) >= 11 is 5.75. The van der Waals surface area contributed by atoms with Gasteiger partial charge in [-0.3, -0.25) is 19.7 Å². The number of carbonyl (C=O) groups excluding carboxylic acids is 3. The second-order valence-electron chi connectivity index (χ2n) is 7.48. The van der Waals surface area contributed by atoms with Crippen LogP contribution in [0.1, 0.15) is 49.4 Å². The molecule has 1 aliphatic heterocycles. The van der Waals surface area contributed by atoms with E-state index < -0.39 is 23.6 Å². The zero-order valence-electron chi connectivity index (χ0n) is 17.0. The molecule has 1 aromatic rings. The fourth-order valence-corrected chi connectivity index (χ4v) is 2.75. The standard InChI is InChI=1S/C18H26ClN5O5/c1-11(25)28-9-12(7-19)20-10-21-16(26)15-13-8-24(6-5-14(13)22-23-15)17(27)29-18(2,3)4/h5-10H2,1-4H3,(H,21,26)(H,22,23)/b20-12+.